The molecule has 0 saturated heterocycles. The van der Waals surface area contributed by atoms with Crippen LogP contribution in [0.25, 0.3) is 0 Å². The number of aryl methyl sites for hydroxylation is 1. The summed E-state index contributed by atoms with van der Waals surface area (Å²) in [4.78, 5) is 38.4. The minimum atomic E-state index is -0.733. The molecule has 3 rings (SSSR count). The zero-order chi connectivity index (χ0) is 23.8. The molecule has 3 N–H and O–H groups in total. The molecular weight excluding hydrogens is 418 g/mol. The van der Waals surface area contributed by atoms with Crippen molar-refractivity contribution in [1.29, 1.82) is 0 Å². The number of benzene rings is 3. The summed E-state index contributed by atoms with van der Waals surface area (Å²) in [6.45, 7) is 3.75. The molecule has 3 aromatic rings. The van der Waals surface area contributed by atoms with Gasteiger partial charge in [0.25, 0.3) is 11.8 Å². The third-order valence-corrected chi connectivity index (χ3v) is 5.09. The molecule has 0 aromatic heterocycles. The number of carbonyl (C=O) groups is 3. The van der Waals surface area contributed by atoms with E-state index in [0.717, 1.165) is 5.56 Å². The molecule has 0 aliphatic rings. The van der Waals surface area contributed by atoms with Crippen molar-refractivity contribution in [2.45, 2.75) is 26.3 Å². The van der Waals surface area contributed by atoms with Crippen LogP contribution < -0.4 is 20.7 Å². The van der Waals surface area contributed by atoms with Gasteiger partial charge in [-0.2, -0.15) is 0 Å². The third kappa shape index (κ3) is 6.20. The zero-order valence-corrected chi connectivity index (χ0v) is 18.8. The van der Waals surface area contributed by atoms with Crippen molar-refractivity contribution in [3.63, 3.8) is 0 Å². The Morgan fingerprint density at radius 1 is 0.879 bits per heavy atom. The highest BCUT2D eigenvalue weighted by Gasteiger charge is 2.22. The third-order valence-electron chi connectivity index (χ3n) is 5.09. The average Bonchev–Trinajstić information content (AvgIpc) is 2.82. The predicted octanol–water partition coefficient (Wildman–Crippen LogP) is 4.40. The van der Waals surface area contributed by atoms with E-state index in [9.17, 15) is 14.4 Å². The van der Waals surface area contributed by atoms with Crippen molar-refractivity contribution in [1.82, 2.24) is 5.32 Å². The second-order valence-corrected chi connectivity index (χ2v) is 7.52. The largest absolute Gasteiger partial charge is 0.497 e. The lowest BCUT2D eigenvalue weighted by Gasteiger charge is -2.18. The van der Waals surface area contributed by atoms with Gasteiger partial charge in [0.2, 0.25) is 5.91 Å². The molecular formula is C26H27N3O4. The van der Waals surface area contributed by atoms with Crippen molar-refractivity contribution in [3.05, 3.63) is 89.5 Å². The van der Waals surface area contributed by atoms with Crippen LogP contribution in [-0.4, -0.2) is 30.9 Å². The Morgan fingerprint density at radius 3 is 2.27 bits per heavy atom. The van der Waals surface area contributed by atoms with E-state index in [1.165, 1.54) is 0 Å². The second-order valence-electron chi connectivity index (χ2n) is 7.52. The van der Waals surface area contributed by atoms with Crippen LogP contribution in [-0.2, 0) is 4.79 Å². The van der Waals surface area contributed by atoms with Gasteiger partial charge in [0, 0.05) is 11.3 Å². The van der Waals surface area contributed by atoms with E-state index in [1.807, 2.05) is 32.0 Å². The van der Waals surface area contributed by atoms with E-state index in [1.54, 1.807) is 61.7 Å². The number of rotatable bonds is 8. The van der Waals surface area contributed by atoms with Crippen LogP contribution in [0.4, 0.5) is 11.4 Å². The Morgan fingerprint density at radius 2 is 1.61 bits per heavy atom. The molecule has 33 heavy (non-hydrogen) atoms. The monoisotopic (exact) mass is 445 g/mol. The van der Waals surface area contributed by atoms with E-state index in [4.69, 9.17) is 4.74 Å². The van der Waals surface area contributed by atoms with E-state index < -0.39 is 11.9 Å². The molecule has 0 aliphatic carbocycles. The molecule has 3 aromatic carbocycles. The van der Waals surface area contributed by atoms with Gasteiger partial charge in [-0.3, -0.25) is 14.4 Å². The normalized spacial score (nSPS) is 11.2. The van der Waals surface area contributed by atoms with E-state index >= 15 is 0 Å². The van der Waals surface area contributed by atoms with Gasteiger partial charge in [-0.1, -0.05) is 31.2 Å². The number of anilines is 2. The molecule has 170 valence electrons. The van der Waals surface area contributed by atoms with Gasteiger partial charge in [-0.25, -0.2) is 0 Å². The van der Waals surface area contributed by atoms with Crippen molar-refractivity contribution in [2.75, 3.05) is 17.7 Å². The van der Waals surface area contributed by atoms with Gasteiger partial charge in [-0.15, -0.1) is 0 Å². The van der Waals surface area contributed by atoms with E-state index in [0.29, 0.717) is 29.1 Å². The Kier molecular flexibility index (Phi) is 7.81. The number of ether oxygens (including phenoxy) is 1. The first kappa shape index (κ1) is 23.5. The van der Waals surface area contributed by atoms with Crippen molar-refractivity contribution >= 4 is 29.1 Å². The van der Waals surface area contributed by atoms with Crippen LogP contribution in [0.1, 0.15) is 39.6 Å². The molecule has 0 bridgehead atoms. The fourth-order valence-electron chi connectivity index (χ4n) is 3.27. The first-order valence-electron chi connectivity index (χ1n) is 10.6. The highest BCUT2D eigenvalue weighted by molar-refractivity contribution is 6.10. The highest BCUT2D eigenvalue weighted by Crippen LogP contribution is 2.18. The van der Waals surface area contributed by atoms with Crippen LogP contribution in [0.3, 0.4) is 0 Å². The van der Waals surface area contributed by atoms with E-state index in [2.05, 4.69) is 16.0 Å². The minimum absolute atomic E-state index is 0.265. The fraction of sp³-hybridized carbons (Fsp3) is 0.192. The summed E-state index contributed by atoms with van der Waals surface area (Å²) in [5.74, 6) is -0.480. The van der Waals surface area contributed by atoms with Crippen LogP contribution in [0.2, 0.25) is 0 Å². The lowest BCUT2D eigenvalue weighted by atomic mass is 10.1. The molecule has 0 fully saturated rings. The van der Waals surface area contributed by atoms with Crippen molar-refractivity contribution < 1.29 is 19.1 Å². The van der Waals surface area contributed by atoms with Crippen LogP contribution in [0.5, 0.6) is 5.75 Å². The van der Waals surface area contributed by atoms with Crippen LogP contribution in [0, 0.1) is 6.92 Å². The first-order valence-corrected chi connectivity index (χ1v) is 10.6. The molecule has 7 heteroatoms. The maximum atomic E-state index is 13.0. The summed E-state index contributed by atoms with van der Waals surface area (Å²) >= 11 is 0. The predicted molar refractivity (Wildman–Crippen MR) is 129 cm³/mol. The van der Waals surface area contributed by atoms with Gasteiger partial charge in [-0.05, 0) is 67.4 Å². The molecule has 0 aliphatic heterocycles. The molecule has 0 saturated carbocycles. The number of carbonyl (C=O) groups excluding carboxylic acids is 3. The molecule has 1 atom stereocenters. The Hall–Kier alpha value is -4.13. The quantitative estimate of drug-likeness (QED) is 0.479. The standard InChI is InChI=1S/C26H27N3O4/c1-4-22(26(32)27-19-9-7-8-17(2)16-19)28-25(31)21-10-5-6-11-23(21)29-24(30)18-12-14-20(33-3)15-13-18/h5-16,22H,4H2,1-3H3,(H,27,32)(H,28,31)(H,29,30). The average molecular weight is 446 g/mol. The Bertz CT molecular complexity index is 1140. The van der Waals surface area contributed by atoms with Crippen LogP contribution >= 0.6 is 0 Å². The van der Waals surface area contributed by atoms with Crippen molar-refractivity contribution in [3.8, 4) is 5.75 Å². The Labute approximate surface area is 193 Å². The molecule has 7 nitrogen and oxygen atoms in total. The Balaban J connectivity index is 1.71. The maximum Gasteiger partial charge on any atom is 0.255 e. The number of amides is 3. The maximum absolute atomic E-state index is 13.0. The molecule has 0 radical (unpaired) electrons. The number of nitrogens with one attached hydrogen (secondary N) is 3. The smallest absolute Gasteiger partial charge is 0.255 e. The summed E-state index contributed by atoms with van der Waals surface area (Å²) in [5, 5.41) is 8.37. The first-order chi connectivity index (χ1) is 15.9. The lowest BCUT2D eigenvalue weighted by molar-refractivity contribution is -0.118. The van der Waals surface area contributed by atoms with Gasteiger partial charge in [0.05, 0.1) is 18.4 Å². The molecule has 1 unspecified atom stereocenters. The number of hydrogen-bond acceptors (Lipinski definition) is 4. The van der Waals surface area contributed by atoms with E-state index in [-0.39, 0.29) is 17.4 Å². The number of hydrogen-bond donors (Lipinski definition) is 3. The summed E-state index contributed by atoms with van der Waals surface area (Å²) in [7, 11) is 1.55. The fourth-order valence-corrected chi connectivity index (χ4v) is 3.27. The van der Waals surface area contributed by atoms with Gasteiger partial charge >= 0.3 is 0 Å². The van der Waals surface area contributed by atoms with Crippen LogP contribution in [0.15, 0.2) is 72.8 Å². The SMILES string of the molecule is CCC(NC(=O)c1ccccc1NC(=O)c1ccc(OC)cc1)C(=O)Nc1cccc(C)c1. The second kappa shape index (κ2) is 10.9. The highest BCUT2D eigenvalue weighted by atomic mass is 16.5. The summed E-state index contributed by atoms with van der Waals surface area (Å²) in [6, 6.07) is 20.0. The molecule has 3 amide bonds. The summed E-state index contributed by atoms with van der Waals surface area (Å²) < 4.78 is 5.11. The van der Waals surface area contributed by atoms with Crippen molar-refractivity contribution in [2.24, 2.45) is 0 Å². The summed E-state index contributed by atoms with van der Waals surface area (Å²) in [6.07, 6.45) is 0.407. The van der Waals surface area contributed by atoms with Gasteiger partial charge < -0.3 is 20.7 Å². The number of methoxy groups -OCH3 is 1. The zero-order valence-electron chi connectivity index (χ0n) is 18.8. The number of para-hydroxylation sites is 1. The van der Waals surface area contributed by atoms with Gasteiger partial charge in [0.15, 0.2) is 0 Å². The van der Waals surface area contributed by atoms with Gasteiger partial charge in [0.1, 0.15) is 11.8 Å². The summed E-state index contributed by atoms with van der Waals surface area (Å²) in [5.41, 5.74) is 2.73. The molecule has 0 spiro atoms. The topological polar surface area (TPSA) is 96.5 Å². The minimum Gasteiger partial charge on any atom is -0.497 e. The molecule has 0 heterocycles. The lowest BCUT2D eigenvalue weighted by Crippen LogP contribution is -2.43.